The maximum absolute atomic E-state index is 4.85. The van der Waals surface area contributed by atoms with Crippen molar-refractivity contribution in [3.8, 4) is 0 Å². The van der Waals surface area contributed by atoms with Gasteiger partial charge in [-0.3, -0.25) is 4.40 Å². The van der Waals surface area contributed by atoms with Gasteiger partial charge in [0.2, 0.25) is 0 Å². The predicted octanol–water partition coefficient (Wildman–Crippen LogP) is 2.99. The molecule has 3 heterocycles. The fraction of sp³-hybridized carbons (Fsp3) is 0.667. The van der Waals surface area contributed by atoms with Gasteiger partial charge in [-0.15, -0.1) is 11.3 Å². The van der Waals surface area contributed by atoms with Crippen LogP contribution in [0.25, 0.3) is 4.96 Å². The molecule has 110 valence electrons. The largest absolute Gasteiger partial charge is 0.355 e. The number of aromatic nitrogens is 2. The molecule has 1 fully saturated rings. The molecule has 0 bridgehead atoms. The van der Waals surface area contributed by atoms with Crippen LogP contribution in [0.15, 0.2) is 11.6 Å². The highest BCUT2D eigenvalue weighted by molar-refractivity contribution is 7.15. The van der Waals surface area contributed by atoms with E-state index in [4.69, 9.17) is 4.98 Å². The molecule has 0 spiro atoms. The SMILES string of the molecule is CNCc1c(N2CCC(C(C)C)CC2)nc2sccn12. The summed E-state index contributed by atoms with van der Waals surface area (Å²) in [6.07, 6.45) is 4.72. The maximum Gasteiger partial charge on any atom is 0.195 e. The summed E-state index contributed by atoms with van der Waals surface area (Å²) in [7, 11) is 2.00. The Balaban J connectivity index is 1.83. The van der Waals surface area contributed by atoms with Crippen molar-refractivity contribution in [2.45, 2.75) is 33.2 Å². The molecule has 5 heteroatoms. The molecule has 1 saturated heterocycles. The van der Waals surface area contributed by atoms with Crippen molar-refractivity contribution < 1.29 is 0 Å². The molecule has 0 unspecified atom stereocenters. The number of rotatable bonds is 4. The number of nitrogens with zero attached hydrogens (tertiary/aromatic N) is 3. The number of piperidine rings is 1. The van der Waals surface area contributed by atoms with Crippen molar-refractivity contribution in [2.24, 2.45) is 11.8 Å². The molecular formula is C15H24N4S. The lowest BCUT2D eigenvalue weighted by Gasteiger charge is -2.34. The minimum Gasteiger partial charge on any atom is -0.355 e. The molecule has 2 aromatic rings. The zero-order valence-electron chi connectivity index (χ0n) is 12.6. The predicted molar refractivity (Wildman–Crippen MR) is 85.6 cm³/mol. The van der Waals surface area contributed by atoms with Crippen LogP contribution in [0.5, 0.6) is 0 Å². The summed E-state index contributed by atoms with van der Waals surface area (Å²) in [6.45, 7) is 7.85. The Bertz CT molecular complexity index is 563. The van der Waals surface area contributed by atoms with E-state index in [2.05, 4.69) is 40.0 Å². The Morgan fingerprint density at radius 2 is 2.15 bits per heavy atom. The summed E-state index contributed by atoms with van der Waals surface area (Å²) in [5.41, 5.74) is 1.30. The first-order valence-electron chi connectivity index (χ1n) is 7.54. The highest BCUT2D eigenvalue weighted by Crippen LogP contribution is 2.30. The topological polar surface area (TPSA) is 32.6 Å². The van der Waals surface area contributed by atoms with Crippen molar-refractivity contribution in [3.63, 3.8) is 0 Å². The molecule has 20 heavy (non-hydrogen) atoms. The summed E-state index contributed by atoms with van der Waals surface area (Å²) in [6, 6.07) is 0. The Labute approximate surface area is 124 Å². The molecule has 1 aliphatic heterocycles. The first-order valence-corrected chi connectivity index (χ1v) is 8.42. The second kappa shape index (κ2) is 5.74. The third-order valence-electron chi connectivity index (χ3n) is 4.47. The Morgan fingerprint density at radius 1 is 1.40 bits per heavy atom. The van der Waals surface area contributed by atoms with Gasteiger partial charge in [-0.2, -0.15) is 0 Å². The number of fused-ring (bicyclic) bond motifs is 1. The van der Waals surface area contributed by atoms with Gasteiger partial charge in [-0.25, -0.2) is 4.98 Å². The minimum atomic E-state index is 0.805. The van der Waals surface area contributed by atoms with Gasteiger partial charge >= 0.3 is 0 Å². The lowest BCUT2D eigenvalue weighted by molar-refractivity contribution is 0.310. The summed E-state index contributed by atoms with van der Waals surface area (Å²) in [4.78, 5) is 8.44. The summed E-state index contributed by atoms with van der Waals surface area (Å²) in [5.74, 6) is 2.87. The Morgan fingerprint density at radius 3 is 2.80 bits per heavy atom. The van der Waals surface area contributed by atoms with Crippen LogP contribution in [-0.2, 0) is 6.54 Å². The van der Waals surface area contributed by atoms with Crippen molar-refractivity contribution >= 4 is 22.1 Å². The third kappa shape index (κ3) is 2.44. The van der Waals surface area contributed by atoms with E-state index in [9.17, 15) is 0 Å². The molecule has 0 radical (unpaired) electrons. The number of thiazole rings is 1. The molecule has 0 aliphatic carbocycles. The van der Waals surface area contributed by atoms with Crippen LogP contribution in [0.1, 0.15) is 32.4 Å². The van der Waals surface area contributed by atoms with Crippen molar-refractivity contribution in [1.82, 2.24) is 14.7 Å². The highest BCUT2D eigenvalue weighted by atomic mass is 32.1. The summed E-state index contributed by atoms with van der Waals surface area (Å²) in [5, 5.41) is 5.38. The van der Waals surface area contributed by atoms with E-state index in [0.717, 1.165) is 36.4 Å². The molecule has 0 atom stereocenters. The van der Waals surface area contributed by atoms with Crippen LogP contribution in [0.3, 0.4) is 0 Å². The molecule has 2 aromatic heterocycles. The lowest BCUT2D eigenvalue weighted by atomic mass is 9.87. The van der Waals surface area contributed by atoms with E-state index in [1.54, 1.807) is 11.3 Å². The molecule has 0 saturated carbocycles. The zero-order valence-corrected chi connectivity index (χ0v) is 13.4. The van der Waals surface area contributed by atoms with Crippen LogP contribution in [0.2, 0.25) is 0 Å². The van der Waals surface area contributed by atoms with Crippen LogP contribution < -0.4 is 10.2 Å². The van der Waals surface area contributed by atoms with Crippen LogP contribution in [-0.4, -0.2) is 29.5 Å². The Hall–Kier alpha value is -1.07. The second-order valence-corrected chi connectivity index (χ2v) is 6.91. The molecule has 0 aromatic carbocycles. The standard InChI is InChI=1S/C15H24N4S/c1-11(2)12-4-6-18(7-5-12)14-13(10-16-3)19-8-9-20-15(19)17-14/h8-9,11-12,16H,4-7,10H2,1-3H3. The van der Waals surface area contributed by atoms with E-state index in [1.165, 1.54) is 24.4 Å². The smallest absolute Gasteiger partial charge is 0.195 e. The zero-order chi connectivity index (χ0) is 14.1. The van der Waals surface area contributed by atoms with Gasteiger partial charge in [0.15, 0.2) is 10.8 Å². The van der Waals surface area contributed by atoms with Crippen LogP contribution >= 0.6 is 11.3 Å². The van der Waals surface area contributed by atoms with Crippen molar-refractivity contribution in [1.29, 1.82) is 0 Å². The average Bonchev–Trinajstić information content (AvgIpc) is 3.02. The van der Waals surface area contributed by atoms with Gasteiger partial charge in [0.05, 0.1) is 5.69 Å². The number of imidazole rings is 1. The summed E-state index contributed by atoms with van der Waals surface area (Å²) >= 11 is 1.72. The van der Waals surface area contributed by atoms with Gasteiger partial charge in [0.1, 0.15) is 0 Å². The number of anilines is 1. The first kappa shape index (κ1) is 13.9. The number of hydrogen-bond acceptors (Lipinski definition) is 4. The fourth-order valence-electron chi connectivity index (χ4n) is 3.18. The lowest BCUT2D eigenvalue weighted by Crippen LogP contribution is -2.36. The fourth-order valence-corrected chi connectivity index (χ4v) is 3.91. The molecular weight excluding hydrogens is 268 g/mol. The van der Waals surface area contributed by atoms with Gasteiger partial charge < -0.3 is 10.2 Å². The van der Waals surface area contributed by atoms with Gasteiger partial charge in [0.25, 0.3) is 0 Å². The van der Waals surface area contributed by atoms with Gasteiger partial charge in [0, 0.05) is 31.2 Å². The minimum absolute atomic E-state index is 0.805. The molecule has 1 aliphatic rings. The molecule has 1 N–H and O–H groups in total. The molecule has 0 amide bonds. The van der Waals surface area contributed by atoms with Gasteiger partial charge in [-0.05, 0) is 31.7 Å². The van der Waals surface area contributed by atoms with E-state index < -0.39 is 0 Å². The van der Waals surface area contributed by atoms with E-state index >= 15 is 0 Å². The van der Waals surface area contributed by atoms with E-state index in [0.29, 0.717) is 0 Å². The van der Waals surface area contributed by atoms with E-state index in [-0.39, 0.29) is 0 Å². The third-order valence-corrected chi connectivity index (χ3v) is 5.22. The second-order valence-electron chi connectivity index (χ2n) is 6.04. The monoisotopic (exact) mass is 292 g/mol. The first-order chi connectivity index (χ1) is 9.70. The Kier molecular flexibility index (Phi) is 3.98. The number of nitrogens with one attached hydrogen (secondary N) is 1. The van der Waals surface area contributed by atoms with Crippen LogP contribution in [0, 0.1) is 11.8 Å². The highest BCUT2D eigenvalue weighted by Gasteiger charge is 2.25. The van der Waals surface area contributed by atoms with Gasteiger partial charge in [-0.1, -0.05) is 13.8 Å². The van der Waals surface area contributed by atoms with E-state index in [1.807, 2.05) is 7.05 Å². The quantitative estimate of drug-likeness (QED) is 0.940. The van der Waals surface area contributed by atoms with Crippen molar-refractivity contribution in [2.75, 3.05) is 25.0 Å². The normalized spacial score (nSPS) is 17.5. The van der Waals surface area contributed by atoms with Crippen molar-refractivity contribution in [3.05, 3.63) is 17.3 Å². The summed E-state index contributed by atoms with van der Waals surface area (Å²) < 4.78 is 2.23. The maximum atomic E-state index is 4.85. The molecule has 4 nitrogen and oxygen atoms in total. The van der Waals surface area contributed by atoms with Crippen LogP contribution in [0.4, 0.5) is 5.82 Å². The number of hydrogen-bond donors (Lipinski definition) is 1. The average molecular weight is 292 g/mol. The molecule has 3 rings (SSSR count).